The first-order valence-corrected chi connectivity index (χ1v) is 8.12. The SMILES string of the molecule is C[C@@H](c1cccs1)N(C)C(=O)NC[C@@H](c1ccco1)N(C)C. The summed E-state index contributed by atoms with van der Waals surface area (Å²) in [5.74, 6) is 0.847. The van der Waals surface area contributed by atoms with E-state index in [1.54, 1.807) is 22.5 Å². The molecule has 0 aliphatic rings. The number of carbonyl (C=O) groups excluding carboxylic acids is 1. The largest absolute Gasteiger partial charge is 0.468 e. The molecule has 2 rings (SSSR count). The molecule has 0 radical (unpaired) electrons. The van der Waals surface area contributed by atoms with Crippen LogP contribution < -0.4 is 5.32 Å². The molecular weight excluding hydrogens is 298 g/mol. The average Bonchev–Trinajstić information content (AvgIpc) is 3.18. The van der Waals surface area contributed by atoms with Crippen LogP contribution in [0, 0.1) is 0 Å². The molecule has 2 aromatic rings. The second kappa shape index (κ2) is 7.47. The van der Waals surface area contributed by atoms with Crippen LogP contribution in [0.4, 0.5) is 4.79 Å². The van der Waals surface area contributed by atoms with Gasteiger partial charge in [0.05, 0.1) is 18.3 Å². The molecule has 0 aliphatic carbocycles. The lowest BCUT2D eigenvalue weighted by molar-refractivity contribution is 0.187. The molecule has 6 heteroatoms. The molecule has 1 N–H and O–H groups in total. The third-order valence-electron chi connectivity index (χ3n) is 3.80. The van der Waals surface area contributed by atoms with Crippen molar-refractivity contribution in [1.29, 1.82) is 0 Å². The first kappa shape index (κ1) is 16.6. The van der Waals surface area contributed by atoms with E-state index >= 15 is 0 Å². The van der Waals surface area contributed by atoms with Crippen molar-refractivity contribution in [3.8, 4) is 0 Å². The van der Waals surface area contributed by atoms with Crippen LogP contribution in [0.25, 0.3) is 0 Å². The van der Waals surface area contributed by atoms with Gasteiger partial charge in [0, 0.05) is 18.5 Å². The Balaban J connectivity index is 1.93. The Labute approximate surface area is 135 Å². The van der Waals surface area contributed by atoms with Crippen molar-refractivity contribution in [2.75, 3.05) is 27.7 Å². The standard InChI is InChI=1S/C16H23N3O2S/c1-12(15-8-6-10-22-15)19(4)16(20)17-11-13(18(2)3)14-7-5-9-21-14/h5-10,12-13H,11H2,1-4H3,(H,17,20)/t12-,13-/m0/s1. The summed E-state index contributed by atoms with van der Waals surface area (Å²) < 4.78 is 5.45. The maximum atomic E-state index is 12.3. The van der Waals surface area contributed by atoms with Crippen LogP contribution in [0.1, 0.15) is 29.6 Å². The molecule has 22 heavy (non-hydrogen) atoms. The second-order valence-electron chi connectivity index (χ2n) is 5.48. The number of likely N-dealkylation sites (N-methyl/N-ethyl adjacent to an activating group) is 1. The van der Waals surface area contributed by atoms with Gasteiger partial charge < -0.3 is 14.6 Å². The first-order valence-electron chi connectivity index (χ1n) is 7.24. The summed E-state index contributed by atoms with van der Waals surface area (Å²) in [6.45, 7) is 2.53. The Hall–Kier alpha value is -1.79. The number of hydrogen-bond donors (Lipinski definition) is 1. The van der Waals surface area contributed by atoms with Gasteiger partial charge in [-0.05, 0) is 44.6 Å². The summed E-state index contributed by atoms with van der Waals surface area (Å²) in [5, 5.41) is 5.01. The van der Waals surface area contributed by atoms with E-state index < -0.39 is 0 Å². The van der Waals surface area contributed by atoms with Gasteiger partial charge in [-0.1, -0.05) is 6.07 Å². The van der Waals surface area contributed by atoms with E-state index in [0.29, 0.717) is 6.54 Å². The summed E-state index contributed by atoms with van der Waals surface area (Å²) in [6.07, 6.45) is 1.65. The van der Waals surface area contributed by atoms with E-state index in [1.807, 2.05) is 62.6 Å². The molecule has 120 valence electrons. The van der Waals surface area contributed by atoms with Crippen molar-refractivity contribution in [3.63, 3.8) is 0 Å². The Morgan fingerprint density at radius 2 is 2.09 bits per heavy atom. The van der Waals surface area contributed by atoms with E-state index in [0.717, 1.165) is 5.76 Å². The van der Waals surface area contributed by atoms with Crippen molar-refractivity contribution in [2.45, 2.75) is 19.0 Å². The maximum Gasteiger partial charge on any atom is 0.317 e. The summed E-state index contributed by atoms with van der Waals surface area (Å²) >= 11 is 1.66. The number of nitrogens with one attached hydrogen (secondary N) is 1. The fourth-order valence-electron chi connectivity index (χ4n) is 2.22. The minimum absolute atomic E-state index is 0.0180. The first-order chi connectivity index (χ1) is 10.5. The molecule has 2 heterocycles. The maximum absolute atomic E-state index is 12.3. The van der Waals surface area contributed by atoms with Crippen LogP contribution in [0.2, 0.25) is 0 Å². The van der Waals surface area contributed by atoms with Crippen LogP contribution in [0.5, 0.6) is 0 Å². The van der Waals surface area contributed by atoms with Gasteiger partial charge in [0.25, 0.3) is 0 Å². The van der Waals surface area contributed by atoms with Gasteiger partial charge in [-0.2, -0.15) is 0 Å². The summed E-state index contributed by atoms with van der Waals surface area (Å²) in [4.78, 5) is 17.3. The van der Waals surface area contributed by atoms with Gasteiger partial charge in [0.1, 0.15) is 5.76 Å². The normalized spacial score (nSPS) is 13.9. The van der Waals surface area contributed by atoms with E-state index in [4.69, 9.17) is 4.42 Å². The molecule has 0 spiro atoms. The highest BCUT2D eigenvalue weighted by Crippen LogP contribution is 2.23. The van der Waals surface area contributed by atoms with E-state index in [2.05, 4.69) is 5.32 Å². The summed E-state index contributed by atoms with van der Waals surface area (Å²) in [7, 11) is 5.76. The van der Waals surface area contributed by atoms with Gasteiger partial charge in [0.2, 0.25) is 0 Å². The van der Waals surface area contributed by atoms with Crippen LogP contribution >= 0.6 is 11.3 Å². The number of hydrogen-bond acceptors (Lipinski definition) is 4. The zero-order valence-corrected chi connectivity index (χ0v) is 14.3. The zero-order valence-electron chi connectivity index (χ0n) is 13.4. The number of carbonyl (C=O) groups is 1. The average molecular weight is 321 g/mol. The van der Waals surface area contributed by atoms with Crippen molar-refractivity contribution in [3.05, 3.63) is 46.5 Å². The molecule has 2 amide bonds. The fraction of sp³-hybridized carbons (Fsp3) is 0.438. The predicted molar refractivity (Wildman–Crippen MR) is 89.0 cm³/mol. The third-order valence-corrected chi connectivity index (χ3v) is 4.84. The summed E-state index contributed by atoms with van der Waals surface area (Å²) in [6, 6.07) is 7.82. The van der Waals surface area contributed by atoms with E-state index in [9.17, 15) is 4.79 Å². The Morgan fingerprint density at radius 1 is 1.32 bits per heavy atom. The Kier molecular flexibility index (Phi) is 5.63. The van der Waals surface area contributed by atoms with Crippen LogP contribution in [-0.4, -0.2) is 43.5 Å². The lowest BCUT2D eigenvalue weighted by atomic mass is 10.2. The molecule has 2 atom stereocenters. The van der Waals surface area contributed by atoms with Crippen LogP contribution in [0.15, 0.2) is 40.3 Å². The number of urea groups is 1. The molecule has 5 nitrogen and oxygen atoms in total. The molecule has 0 saturated carbocycles. The molecule has 2 aromatic heterocycles. The smallest absolute Gasteiger partial charge is 0.317 e. The molecule has 0 bridgehead atoms. The van der Waals surface area contributed by atoms with Gasteiger partial charge >= 0.3 is 6.03 Å². The zero-order chi connectivity index (χ0) is 16.1. The number of amides is 2. The summed E-state index contributed by atoms with van der Waals surface area (Å²) in [5.41, 5.74) is 0. The van der Waals surface area contributed by atoms with Gasteiger partial charge in [0.15, 0.2) is 0 Å². The van der Waals surface area contributed by atoms with Crippen LogP contribution in [0.3, 0.4) is 0 Å². The lowest BCUT2D eigenvalue weighted by Crippen LogP contribution is -2.42. The highest BCUT2D eigenvalue weighted by Gasteiger charge is 2.21. The quantitative estimate of drug-likeness (QED) is 0.887. The van der Waals surface area contributed by atoms with Gasteiger partial charge in [-0.25, -0.2) is 4.79 Å². The monoisotopic (exact) mass is 321 g/mol. The van der Waals surface area contributed by atoms with Crippen LogP contribution in [-0.2, 0) is 0 Å². The topological polar surface area (TPSA) is 48.7 Å². The molecule has 0 unspecified atom stereocenters. The number of rotatable bonds is 6. The van der Waals surface area contributed by atoms with E-state index in [-0.39, 0.29) is 18.1 Å². The second-order valence-corrected chi connectivity index (χ2v) is 6.46. The van der Waals surface area contributed by atoms with E-state index in [1.165, 1.54) is 4.88 Å². The highest BCUT2D eigenvalue weighted by atomic mass is 32.1. The highest BCUT2D eigenvalue weighted by molar-refractivity contribution is 7.10. The minimum Gasteiger partial charge on any atom is -0.468 e. The van der Waals surface area contributed by atoms with Crippen molar-refractivity contribution < 1.29 is 9.21 Å². The third kappa shape index (κ3) is 3.90. The number of nitrogens with zero attached hydrogens (tertiary/aromatic N) is 2. The number of thiophene rings is 1. The minimum atomic E-state index is -0.0840. The Bertz CT molecular complexity index is 566. The van der Waals surface area contributed by atoms with Crippen molar-refractivity contribution in [1.82, 2.24) is 15.1 Å². The van der Waals surface area contributed by atoms with Gasteiger partial charge in [-0.15, -0.1) is 11.3 Å². The predicted octanol–water partition coefficient (Wildman–Crippen LogP) is 3.35. The van der Waals surface area contributed by atoms with Crippen molar-refractivity contribution in [2.24, 2.45) is 0 Å². The molecular formula is C16H23N3O2S. The van der Waals surface area contributed by atoms with Gasteiger partial charge in [-0.3, -0.25) is 4.90 Å². The van der Waals surface area contributed by atoms with Crippen molar-refractivity contribution >= 4 is 17.4 Å². The molecule has 0 saturated heterocycles. The Morgan fingerprint density at radius 3 is 2.64 bits per heavy atom. The number of furan rings is 1. The molecule has 0 aliphatic heterocycles. The molecule has 0 aromatic carbocycles. The molecule has 0 fully saturated rings. The fourth-order valence-corrected chi connectivity index (χ4v) is 3.05. The lowest BCUT2D eigenvalue weighted by Gasteiger charge is -2.27.